The fourth-order valence-corrected chi connectivity index (χ4v) is 3.43. The van der Waals surface area contributed by atoms with Gasteiger partial charge < -0.3 is 4.74 Å². The lowest BCUT2D eigenvalue weighted by atomic mass is 10.0. The van der Waals surface area contributed by atoms with E-state index < -0.39 is 6.10 Å². The maximum Gasteiger partial charge on any atom is 0.128 e. The zero-order valence-corrected chi connectivity index (χ0v) is 17.3. The van der Waals surface area contributed by atoms with Crippen molar-refractivity contribution in [2.24, 2.45) is 0 Å². The Hall–Kier alpha value is -1.02. The second kappa shape index (κ2) is 16.2. The highest BCUT2D eigenvalue weighted by molar-refractivity contribution is 5.21. The van der Waals surface area contributed by atoms with E-state index in [1.54, 1.807) is 6.92 Å². The lowest BCUT2D eigenvalue weighted by molar-refractivity contribution is -0.00427. The van der Waals surface area contributed by atoms with Crippen LogP contribution in [0.1, 0.15) is 104 Å². The van der Waals surface area contributed by atoms with Gasteiger partial charge in [0.15, 0.2) is 0 Å². The molecule has 0 aromatic heterocycles. The van der Waals surface area contributed by atoms with Crippen LogP contribution in [0, 0.1) is 0 Å². The van der Waals surface area contributed by atoms with Crippen molar-refractivity contribution >= 4 is 0 Å². The van der Waals surface area contributed by atoms with Gasteiger partial charge in [-0.05, 0) is 31.9 Å². The van der Waals surface area contributed by atoms with Gasteiger partial charge in [0.05, 0.1) is 0 Å². The highest BCUT2D eigenvalue weighted by Gasteiger charge is 2.17. The molecule has 0 aliphatic heterocycles. The summed E-state index contributed by atoms with van der Waals surface area (Å²) < 4.78 is 5.87. The van der Waals surface area contributed by atoms with Crippen molar-refractivity contribution in [2.75, 3.05) is 0 Å². The van der Waals surface area contributed by atoms with E-state index in [4.69, 9.17) is 4.74 Å². The Morgan fingerprint density at radius 1 is 0.731 bits per heavy atom. The van der Waals surface area contributed by atoms with Gasteiger partial charge in [-0.15, -0.1) is 0 Å². The molecule has 149 valence electrons. The Kier molecular flexibility index (Phi) is 14.3. The van der Waals surface area contributed by atoms with E-state index >= 15 is 0 Å². The fourth-order valence-electron chi connectivity index (χ4n) is 3.43. The molecule has 1 aromatic carbocycles. The number of rotatable bonds is 17. The fraction of sp³-hybridized carbons (Fsp3) is 0.750. The lowest BCUT2D eigenvalue weighted by Gasteiger charge is -2.20. The molecule has 0 aliphatic rings. The maximum atomic E-state index is 11.9. The molecule has 0 fully saturated rings. The van der Waals surface area contributed by atoms with Crippen molar-refractivity contribution in [3.63, 3.8) is 0 Å². The van der Waals surface area contributed by atoms with Gasteiger partial charge >= 0.3 is 0 Å². The quantitative estimate of drug-likeness (QED) is 0.261. The first kappa shape index (κ1) is 23.0. The van der Waals surface area contributed by atoms with E-state index in [9.17, 15) is 5.11 Å². The maximum absolute atomic E-state index is 11.9. The van der Waals surface area contributed by atoms with Gasteiger partial charge in [-0.2, -0.15) is 0 Å². The zero-order chi connectivity index (χ0) is 18.9. The highest BCUT2D eigenvalue weighted by atomic mass is 16.5. The minimum atomic E-state index is -0.674. The number of unbranched alkanes of at least 4 members (excludes halogenated alkanes) is 12. The Labute approximate surface area is 162 Å². The summed E-state index contributed by atoms with van der Waals surface area (Å²) in [6.07, 6.45) is 17.6. The first-order chi connectivity index (χ1) is 12.7. The van der Waals surface area contributed by atoms with Crippen LogP contribution < -0.4 is 4.74 Å². The summed E-state index contributed by atoms with van der Waals surface area (Å²) in [5.41, 5.74) is 0. The van der Waals surface area contributed by atoms with E-state index in [0.29, 0.717) is 0 Å². The van der Waals surface area contributed by atoms with Crippen molar-refractivity contribution in [3.05, 3.63) is 30.3 Å². The molecule has 0 N–H and O–H groups in total. The molecule has 0 heterocycles. The second-order valence-corrected chi connectivity index (χ2v) is 7.71. The van der Waals surface area contributed by atoms with Crippen LogP contribution in [-0.4, -0.2) is 12.2 Å². The molecule has 0 amide bonds. The van der Waals surface area contributed by atoms with E-state index in [1.165, 1.54) is 77.0 Å². The molecular weight excluding hydrogens is 320 g/mol. The molecule has 1 rings (SSSR count). The van der Waals surface area contributed by atoms with Crippen molar-refractivity contribution in [3.8, 4) is 5.75 Å². The number of ether oxygens (including phenoxy) is 1. The average molecular weight is 362 g/mol. The Bertz CT molecular complexity index is 402. The SMILES string of the molecule is CCCCCCCCCCCCCCCC(Oc1ccccc1)C(C)[O]. The molecule has 0 aliphatic carbocycles. The summed E-state index contributed by atoms with van der Waals surface area (Å²) in [7, 11) is 0. The van der Waals surface area contributed by atoms with Crippen molar-refractivity contribution in [1.29, 1.82) is 0 Å². The summed E-state index contributed by atoms with van der Waals surface area (Å²) >= 11 is 0. The number of benzene rings is 1. The molecule has 26 heavy (non-hydrogen) atoms. The number of para-hydroxylation sites is 1. The Balaban J connectivity index is 1.95. The Morgan fingerprint density at radius 3 is 1.65 bits per heavy atom. The van der Waals surface area contributed by atoms with Gasteiger partial charge in [-0.25, -0.2) is 5.11 Å². The molecule has 2 unspecified atom stereocenters. The highest BCUT2D eigenvalue weighted by Crippen LogP contribution is 2.18. The topological polar surface area (TPSA) is 29.1 Å². The molecule has 1 radical (unpaired) electrons. The van der Waals surface area contributed by atoms with Gasteiger partial charge in [0.2, 0.25) is 0 Å². The normalized spacial score (nSPS) is 13.5. The summed E-state index contributed by atoms with van der Waals surface area (Å²) in [5, 5.41) is 11.9. The standard InChI is InChI=1S/C24H41O2/c1-3-4-5-6-7-8-9-10-11-12-13-14-18-21-24(22(2)25)26-23-19-16-15-17-20-23/h15-17,19-20,22,24H,3-14,18,21H2,1-2H3. The van der Waals surface area contributed by atoms with E-state index in [2.05, 4.69) is 6.92 Å². The van der Waals surface area contributed by atoms with Gasteiger partial charge in [-0.1, -0.05) is 102 Å². The Morgan fingerprint density at radius 2 is 1.19 bits per heavy atom. The summed E-state index contributed by atoms with van der Waals surface area (Å²) in [6.45, 7) is 3.99. The van der Waals surface area contributed by atoms with Crippen LogP contribution in [0.4, 0.5) is 0 Å². The van der Waals surface area contributed by atoms with Crippen LogP contribution in [0.5, 0.6) is 5.75 Å². The van der Waals surface area contributed by atoms with E-state index in [0.717, 1.165) is 18.6 Å². The predicted octanol–water partition coefficient (Wildman–Crippen LogP) is 7.73. The van der Waals surface area contributed by atoms with E-state index in [-0.39, 0.29) is 6.10 Å². The molecule has 0 saturated heterocycles. The second-order valence-electron chi connectivity index (χ2n) is 7.71. The van der Waals surface area contributed by atoms with Crippen molar-refractivity contribution in [1.82, 2.24) is 0 Å². The number of hydrogen-bond donors (Lipinski definition) is 0. The van der Waals surface area contributed by atoms with Gasteiger partial charge in [-0.3, -0.25) is 0 Å². The third kappa shape index (κ3) is 12.4. The van der Waals surface area contributed by atoms with Crippen LogP contribution in [0.3, 0.4) is 0 Å². The minimum absolute atomic E-state index is 0.204. The molecule has 2 nitrogen and oxygen atoms in total. The number of hydrogen-bond acceptors (Lipinski definition) is 1. The summed E-state index contributed by atoms with van der Waals surface area (Å²) in [4.78, 5) is 0. The molecule has 0 spiro atoms. The predicted molar refractivity (Wildman–Crippen MR) is 111 cm³/mol. The third-order valence-electron chi connectivity index (χ3n) is 5.15. The molecule has 0 bridgehead atoms. The molecule has 1 aromatic rings. The average Bonchev–Trinajstić information content (AvgIpc) is 2.65. The van der Waals surface area contributed by atoms with Crippen LogP contribution >= 0.6 is 0 Å². The van der Waals surface area contributed by atoms with Crippen LogP contribution in [0.2, 0.25) is 0 Å². The first-order valence-corrected chi connectivity index (χ1v) is 11.1. The summed E-state index contributed by atoms with van der Waals surface area (Å²) in [5.74, 6) is 0.815. The van der Waals surface area contributed by atoms with Crippen LogP contribution in [-0.2, 0) is 5.11 Å². The van der Waals surface area contributed by atoms with Crippen molar-refractivity contribution in [2.45, 2.75) is 116 Å². The van der Waals surface area contributed by atoms with E-state index in [1.807, 2.05) is 30.3 Å². The smallest absolute Gasteiger partial charge is 0.128 e. The minimum Gasteiger partial charge on any atom is -0.488 e. The largest absolute Gasteiger partial charge is 0.488 e. The zero-order valence-electron chi connectivity index (χ0n) is 17.3. The first-order valence-electron chi connectivity index (χ1n) is 11.1. The molecule has 2 atom stereocenters. The molecule has 0 saturated carbocycles. The third-order valence-corrected chi connectivity index (χ3v) is 5.15. The van der Waals surface area contributed by atoms with Gasteiger partial charge in [0, 0.05) is 0 Å². The lowest BCUT2D eigenvalue weighted by Crippen LogP contribution is -2.28. The summed E-state index contributed by atoms with van der Waals surface area (Å²) in [6, 6.07) is 9.73. The van der Waals surface area contributed by atoms with Gasteiger partial charge in [0.25, 0.3) is 0 Å². The van der Waals surface area contributed by atoms with Crippen LogP contribution in [0.15, 0.2) is 30.3 Å². The van der Waals surface area contributed by atoms with Gasteiger partial charge in [0.1, 0.15) is 18.0 Å². The monoisotopic (exact) mass is 361 g/mol. The molecule has 2 heteroatoms. The molecular formula is C24H41O2. The van der Waals surface area contributed by atoms with Crippen LogP contribution in [0.25, 0.3) is 0 Å². The van der Waals surface area contributed by atoms with Crippen molar-refractivity contribution < 1.29 is 9.84 Å².